The van der Waals surface area contributed by atoms with E-state index in [0.29, 0.717) is 44.9 Å². The largest absolute Gasteiger partial charge is 0.492 e. The number of carbonyl (C=O) groups is 2. The number of nitrogens with two attached hydrogens (primary N) is 1. The molecule has 2 heterocycles. The predicted molar refractivity (Wildman–Crippen MR) is 150 cm³/mol. The lowest BCUT2D eigenvalue weighted by molar-refractivity contribution is -0.118. The quantitative estimate of drug-likeness (QED) is 0.268. The number of aromatic nitrogens is 4. The number of amides is 2. The fourth-order valence-corrected chi connectivity index (χ4v) is 4.23. The summed E-state index contributed by atoms with van der Waals surface area (Å²) in [7, 11) is 3.91. The van der Waals surface area contributed by atoms with Gasteiger partial charge >= 0.3 is 6.55 Å². The lowest BCUT2D eigenvalue weighted by Gasteiger charge is -2.18. The van der Waals surface area contributed by atoms with Crippen LogP contribution in [0.4, 0.5) is 8.78 Å². The molecule has 0 saturated heterocycles. The SMILES string of the molecule is Cc1ccc(OCCN(C)C)cc1C(=O)N[C@H](C)c1cc(-c2cnn(CC(N)=O)c2)cc(-c2cnn(C(F)F)c2)c1. The molecule has 2 aromatic carbocycles. The van der Waals surface area contributed by atoms with Crippen molar-refractivity contribution in [3.05, 3.63) is 77.9 Å². The van der Waals surface area contributed by atoms with Gasteiger partial charge in [0.25, 0.3) is 5.91 Å². The fraction of sp³-hybridized carbons (Fsp3) is 0.310. The van der Waals surface area contributed by atoms with Gasteiger partial charge in [-0.25, -0.2) is 4.68 Å². The molecular formula is C29H33F2N7O3. The van der Waals surface area contributed by atoms with Gasteiger partial charge in [0.05, 0.1) is 18.4 Å². The van der Waals surface area contributed by atoms with E-state index in [4.69, 9.17) is 10.5 Å². The van der Waals surface area contributed by atoms with E-state index in [-0.39, 0.29) is 12.5 Å². The lowest BCUT2D eigenvalue weighted by Crippen LogP contribution is -2.27. The van der Waals surface area contributed by atoms with Crippen LogP contribution in [-0.4, -0.2) is 63.5 Å². The van der Waals surface area contributed by atoms with Gasteiger partial charge in [-0.3, -0.25) is 14.3 Å². The standard InChI is InChI=1S/C29H33F2N7O3/c1-18-5-6-25(41-8-7-36(3)4)12-26(18)28(40)35-19(2)20-9-21(23-13-33-37(15-23)17-27(32)39)11-22(10-20)24-14-34-38(16-24)29(30)31/h5-6,9-16,19,29H,7-8,17H2,1-4H3,(H2,32,39)(H,35,40)/t19-/m1/s1. The van der Waals surface area contributed by atoms with E-state index in [0.717, 1.165) is 17.7 Å². The van der Waals surface area contributed by atoms with Crippen molar-refractivity contribution >= 4 is 11.8 Å². The number of ether oxygens (including phenoxy) is 1. The Morgan fingerprint density at radius 3 is 2.34 bits per heavy atom. The maximum absolute atomic E-state index is 13.3. The summed E-state index contributed by atoms with van der Waals surface area (Å²) < 4.78 is 34.2. The average Bonchev–Trinajstić information content (AvgIpc) is 3.59. The normalized spacial score (nSPS) is 12.1. The number of nitrogens with zero attached hydrogens (tertiary/aromatic N) is 5. The summed E-state index contributed by atoms with van der Waals surface area (Å²) in [6.07, 6.45) is 5.88. The van der Waals surface area contributed by atoms with Gasteiger partial charge in [0, 0.05) is 35.6 Å². The molecule has 12 heteroatoms. The smallest absolute Gasteiger partial charge is 0.333 e. The molecule has 0 aliphatic rings. The van der Waals surface area contributed by atoms with Crippen molar-refractivity contribution < 1.29 is 23.1 Å². The lowest BCUT2D eigenvalue weighted by atomic mass is 9.96. The Morgan fingerprint density at radius 2 is 1.71 bits per heavy atom. The zero-order valence-corrected chi connectivity index (χ0v) is 23.3. The van der Waals surface area contributed by atoms with Crippen molar-refractivity contribution in [1.82, 2.24) is 29.8 Å². The van der Waals surface area contributed by atoms with Gasteiger partial charge in [-0.2, -0.15) is 19.0 Å². The Hall–Kier alpha value is -4.58. The summed E-state index contributed by atoms with van der Waals surface area (Å²) in [5.74, 6) is -0.212. The number of aryl methyl sites for hydroxylation is 1. The van der Waals surface area contributed by atoms with Crippen molar-refractivity contribution in [2.24, 2.45) is 5.73 Å². The molecule has 3 N–H and O–H groups in total. The Kier molecular flexibility index (Phi) is 9.13. The van der Waals surface area contributed by atoms with Gasteiger partial charge in [-0.1, -0.05) is 6.07 Å². The molecule has 1 atom stereocenters. The van der Waals surface area contributed by atoms with Crippen LogP contribution in [0.1, 0.15) is 41.0 Å². The Balaban J connectivity index is 1.63. The molecule has 0 aliphatic carbocycles. The molecule has 2 amide bonds. The number of carbonyl (C=O) groups excluding carboxylic acids is 2. The molecular weight excluding hydrogens is 532 g/mol. The third-order valence-corrected chi connectivity index (χ3v) is 6.48. The second-order valence-corrected chi connectivity index (χ2v) is 10.0. The van der Waals surface area contributed by atoms with Crippen LogP contribution in [0.3, 0.4) is 0 Å². The van der Waals surface area contributed by atoms with Crippen LogP contribution >= 0.6 is 0 Å². The van der Waals surface area contributed by atoms with E-state index in [1.165, 1.54) is 17.1 Å². The molecule has 0 unspecified atom stereocenters. The summed E-state index contributed by atoms with van der Waals surface area (Å²) in [6.45, 7) is 2.06. The minimum absolute atomic E-state index is 0.0859. The van der Waals surface area contributed by atoms with Crippen molar-refractivity contribution in [1.29, 1.82) is 0 Å². The highest BCUT2D eigenvalue weighted by Crippen LogP contribution is 2.31. The summed E-state index contributed by atoms with van der Waals surface area (Å²) >= 11 is 0. The molecule has 0 spiro atoms. The number of nitrogens with one attached hydrogen (secondary N) is 1. The minimum atomic E-state index is -2.78. The molecule has 216 valence electrons. The number of hydrogen-bond donors (Lipinski definition) is 2. The summed E-state index contributed by atoms with van der Waals surface area (Å²) in [5.41, 5.74) is 9.82. The molecule has 41 heavy (non-hydrogen) atoms. The van der Waals surface area contributed by atoms with E-state index < -0.39 is 18.5 Å². The van der Waals surface area contributed by atoms with Gasteiger partial charge in [0.2, 0.25) is 5.91 Å². The summed E-state index contributed by atoms with van der Waals surface area (Å²) in [4.78, 5) is 26.7. The summed E-state index contributed by atoms with van der Waals surface area (Å²) in [5, 5.41) is 11.0. The zero-order valence-electron chi connectivity index (χ0n) is 23.3. The van der Waals surface area contributed by atoms with E-state index in [1.54, 1.807) is 18.5 Å². The van der Waals surface area contributed by atoms with Crippen LogP contribution < -0.4 is 15.8 Å². The zero-order chi connectivity index (χ0) is 29.7. The minimum Gasteiger partial charge on any atom is -0.492 e. The van der Waals surface area contributed by atoms with Crippen molar-refractivity contribution in [3.8, 4) is 28.0 Å². The van der Waals surface area contributed by atoms with Crippen LogP contribution in [0.2, 0.25) is 0 Å². The average molecular weight is 566 g/mol. The molecule has 0 aliphatic heterocycles. The predicted octanol–water partition coefficient (Wildman–Crippen LogP) is 4.03. The molecule has 0 radical (unpaired) electrons. The maximum Gasteiger partial charge on any atom is 0.333 e. The van der Waals surface area contributed by atoms with Gasteiger partial charge in [-0.05, 0) is 80.5 Å². The van der Waals surface area contributed by atoms with Gasteiger partial charge < -0.3 is 20.7 Å². The number of likely N-dealkylation sites (N-methyl/N-ethyl adjacent to an activating group) is 1. The number of halogens is 2. The third kappa shape index (κ3) is 7.54. The highest BCUT2D eigenvalue weighted by molar-refractivity contribution is 5.96. The Labute approximate surface area is 236 Å². The maximum atomic E-state index is 13.3. The van der Waals surface area contributed by atoms with Crippen LogP contribution in [0.5, 0.6) is 5.75 Å². The molecule has 2 aromatic heterocycles. The van der Waals surface area contributed by atoms with Gasteiger partial charge in [-0.15, -0.1) is 0 Å². The third-order valence-electron chi connectivity index (χ3n) is 6.48. The second-order valence-electron chi connectivity index (χ2n) is 10.0. The Morgan fingerprint density at radius 1 is 1.02 bits per heavy atom. The van der Waals surface area contributed by atoms with Crippen molar-refractivity contribution in [2.75, 3.05) is 27.2 Å². The first-order valence-corrected chi connectivity index (χ1v) is 13.0. The first-order chi connectivity index (χ1) is 19.5. The van der Waals surface area contributed by atoms with Crippen LogP contribution in [-0.2, 0) is 11.3 Å². The number of primary amides is 1. The van der Waals surface area contributed by atoms with E-state index in [1.807, 2.05) is 63.2 Å². The molecule has 0 bridgehead atoms. The van der Waals surface area contributed by atoms with E-state index in [2.05, 4.69) is 15.5 Å². The summed E-state index contributed by atoms with van der Waals surface area (Å²) in [6, 6.07) is 10.5. The van der Waals surface area contributed by atoms with Crippen LogP contribution in [0.25, 0.3) is 22.3 Å². The first kappa shape index (κ1) is 29.4. The number of rotatable bonds is 12. The topological polar surface area (TPSA) is 120 Å². The van der Waals surface area contributed by atoms with E-state index >= 15 is 0 Å². The number of hydrogen-bond acceptors (Lipinski definition) is 6. The monoisotopic (exact) mass is 565 g/mol. The van der Waals surface area contributed by atoms with E-state index in [9.17, 15) is 18.4 Å². The number of benzene rings is 2. The first-order valence-electron chi connectivity index (χ1n) is 13.0. The van der Waals surface area contributed by atoms with Gasteiger partial charge in [0.15, 0.2) is 0 Å². The molecule has 4 aromatic rings. The molecule has 0 fully saturated rings. The Bertz CT molecular complexity index is 1530. The molecule has 10 nitrogen and oxygen atoms in total. The molecule has 4 rings (SSSR count). The highest BCUT2D eigenvalue weighted by atomic mass is 19.3. The molecule has 0 saturated carbocycles. The van der Waals surface area contributed by atoms with Crippen molar-refractivity contribution in [2.45, 2.75) is 33.0 Å². The van der Waals surface area contributed by atoms with Crippen LogP contribution in [0, 0.1) is 6.92 Å². The fourth-order valence-electron chi connectivity index (χ4n) is 4.23. The van der Waals surface area contributed by atoms with Gasteiger partial charge in [0.1, 0.15) is 18.9 Å². The highest BCUT2D eigenvalue weighted by Gasteiger charge is 2.18. The second kappa shape index (κ2) is 12.7. The van der Waals surface area contributed by atoms with Crippen LogP contribution in [0.15, 0.2) is 61.2 Å². The van der Waals surface area contributed by atoms with Crippen molar-refractivity contribution in [3.63, 3.8) is 0 Å². The number of alkyl halides is 2.